The molecular formula is C11H25NO4Si. The Bertz CT molecular complexity index is 198. The molecule has 0 spiro atoms. The van der Waals surface area contributed by atoms with Gasteiger partial charge in [-0.15, -0.1) is 0 Å². The fraction of sp³-hybridized carbons (Fsp3) is 1.00. The van der Waals surface area contributed by atoms with Crippen molar-refractivity contribution >= 4 is 9.52 Å². The van der Waals surface area contributed by atoms with Crippen LogP contribution in [0.5, 0.6) is 0 Å². The van der Waals surface area contributed by atoms with Gasteiger partial charge in [0.15, 0.2) is 0 Å². The van der Waals surface area contributed by atoms with Gasteiger partial charge in [0.2, 0.25) is 6.04 Å². The molecule has 0 aliphatic carbocycles. The Kier molecular flexibility index (Phi) is 10.4. The molecule has 0 heterocycles. The molecule has 0 radical (unpaired) electrons. The Morgan fingerprint density at radius 3 is 2.24 bits per heavy atom. The Labute approximate surface area is 106 Å². The second-order valence-electron chi connectivity index (χ2n) is 3.97. The number of hydrogen-bond acceptors (Lipinski definition) is 4. The lowest BCUT2D eigenvalue weighted by Gasteiger charge is -2.16. The third-order valence-corrected chi connectivity index (χ3v) is 4.55. The maximum absolute atomic E-state index is 10.6. The van der Waals surface area contributed by atoms with E-state index in [0.29, 0.717) is 26.1 Å². The summed E-state index contributed by atoms with van der Waals surface area (Å²) in [6.45, 7) is 7.13. The first-order chi connectivity index (χ1) is 8.15. The number of hydrogen-bond donors (Lipinski definition) is 0. The molecule has 0 aromatic heterocycles. The summed E-state index contributed by atoms with van der Waals surface area (Å²) in [5.74, 6) is -0.0133. The van der Waals surface area contributed by atoms with Crippen molar-refractivity contribution in [3.8, 4) is 0 Å². The molecule has 0 bridgehead atoms. The molecule has 6 heteroatoms. The highest BCUT2D eigenvalue weighted by atomic mass is 28.2. The van der Waals surface area contributed by atoms with Gasteiger partial charge in [-0.05, 0) is 20.3 Å². The summed E-state index contributed by atoms with van der Waals surface area (Å²) in [7, 11) is -0.439. The molecule has 17 heavy (non-hydrogen) atoms. The van der Waals surface area contributed by atoms with Gasteiger partial charge in [0, 0.05) is 31.0 Å². The van der Waals surface area contributed by atoms with Crippen LogP contribution in [0.3, 0.4) is 0 Å². The van der Waals surface area contributed by atoms with Crippen LogP contribution in [0.4, 0.5) is 0 Å². The van der Waals surface area contributed by atoms with Crippen molar-refractivity contribution in [3.63, 3.8) is 0 Å². The van der Waals surface area contributed by atoms with Crippen LogP contribution in [-0.2, 0) is 9.47 Å². The van der Waals surface area contributed by atoms with Crippen molar-refractivity contribution in [3.05, 3.63) is 10.1 Å². The first-order valence-electron chi connectivity index (χ1n) is 6.52. The number of ether oxygens (including phenoxy) is 2. The zero-order chi connectivity index (χ0) is 13.1. The van der Waals surface area contributed by atoms with Crippen LogP contribution in [0, 0.1) is 10.1 Å². The van der Waals surface area contributed by atoms with Gasteiger partial charge in [-0.3, -0.25) is 10.1 Å². The van der Waals surface area contributed by atoms with Crippen molar-refractivity contribution in [2.45, 2.75) is 58.0 Å². The predicted molar refractivity (Wildman–Crippen MR) is 70.7 cm³/mol. The zero-order valence-corrected chi connectivity index (χ0v) is 12.6. The molecular weight excluding hydrogens is 238 g/mol. The third-order valence-electron chi connectivity index (χ3n) is 2.70. The molecule has 0 fully saturated rings. The van der Waals surface area contributed by atoms with Crippen LogP contribution in [0.25, 0.3) is 0 Å². The molecule has 0 amide bonds. The molecule has 0 N–H and O–H groups in total. The van der Waals surface area contributed by atoms with Gasteiger partial charge in [-0.2, -0.15) is 0 Å². The number of nitro groups is 1. The zero-order valence-electron chi connectivity index (χ0n) is 11.2. The summed E-state index contributed by atoms with van der Waals surface area (Å²) in [5, 5.41) is 10.6. The van der Waals surface area contributed by atoms with Gasteiger partial charge in [-0.1, -0.05) is 13.0 Å². The largest absolute Gasteiger partial charge is 0.357 e. The number of nitrogens with zero attached hydrogens (tertiary/aromatic N) is 1. The number of rotatable bonds is 11. The standard InChI is InChI=1S/C11H25NO4Si/c1-4-10(12(13)14)8-7-9-17-11(15-5-2)16-6-3/h10-11H,4-9,17H2,1-3H3. The summed E-state index contributed by atoms with van der Waals surface area (Å²) < 4.78 is 10.9. The van der Waals surface area contributed by atoms with Crippen LogP contribution in [-0.4, -0.2) is 39.6 Å². The fourth-order valence-corrected chi connectivity index (χ4v) is 3.45. The van der Waals surface area contributed by atoms with Crippen molar-refractivity contribution in [2.75, 3.05) is 13.2 Å². The van der Waals surface area contributed by atoms with Gasteiger partial charge >= 0.3 is 0 Å². The topological polar surface area (TPSA) is 61.6 Å². The van der Waals surface area contributed by atoms with E-state index in [4.69, 9.17) is 9.47 Å². The Hall–Kier alpha value is -0.463. The van der Waals surface area contributed by atoms with Gasteiger partial charge in [0.25, 0.3) is 0 Å². The maximum atomic E-state index is 10.6. The average Bonchev–Trinajstić information content (AvgIpc) is 2.29. The van der Waals surface area contributed by atoms with Gasteiger partial charge in [0.1, 0.15) is 5.91 Å². The Morgan fingerprint density at radius 1 is 1.24 bits per heavy atom. The van der Waals surface area contributed by atoms with Crippen molar-refractivity contribution in [1.29, 1.82) is 0 Å². The van der Waals surface area contributed by atoms with Gasteiger partial charge in [0.05, 0.1) is 9.52 Å². The van der Waals surface area contributed by atoms with Crippen molar-refractivity contribution < 1.29 is 14.4 Å². The Balaban J connectivity index is 3.69. The van der Waals surface area contributed by atoms with Crippen molar-refractivity contribution in [1.82, 2.24) is 0 Å². The molecule has 0 saturated heterocycles. The highest BCUT2D eigenvalue weighted by Gasteiger charge is 2.17. The van der Waals surface area contributed by atoms with E-state index in [1.165, 1.54) is 0 Å². The molecule has 0 aliphatic heterocycles. The first-order valence-corrected chi connectivity index (χ1v) is 8.33. The first kappa shape index (κ1) is 16.5. The van der Waals surface area contributed by atoms with Crippen LogP contribution in [0.1, 0.15) is 40.0 Å². The summed E-state index contributed by atoms with van der Waals surface area (Å²) in [4.78, 5) is 10.5. The average molecular weight is 263 g/mol. The molecule has 0 aromatic rings. The predicted octanol–water partition coefficient (Wildman–Crippen LogP) is 1.77. The molecule has 0 saturated carbocycles. The smallest absolute Gasteiger partial charge is 0.212 e. The van der Waals surface area contributed by atoms with Gasteiger partial charge in [-0.25, -0.2) is 0 Å². The van der Waals surface area contributed by atoms with Crippen LogP contribution in [0.2, 0.25) is 6.04 Å². The highest BCUT2D eigenvalue weighted by Crippen LogP contribution is 2.09. The molecule has 1 atom stereocenters. The lowest BCUT2D eigenvalue weighted by Crippen LogP contribution is -2.25. The molecule has 102 valence electrons. The van der Waals surface area contributed by atoms with E-state index in [1.807, 2.05) is 20.8 Å². The summed E-state index contributed by atoms with van der Waals surface area (Å²) in [6, 6.07) is 0.677. The minimum absolute atomic E-state index is 0.0133. The molecule has 5 nitrogen and oxygen atoms in total. The third kappa shape index (κ3) is 8.29. The second kappa shape index (κ2) is 10.7. The monoisotopic (exact) mass is 263 g/mol. The quantitative estimate of drug-likeness (QED) is 0.187. The lowest BCUT2D eigenvalue weighted by molar-refractivity contribution is -0.523. The van der Waals surface area contributed by atoms with Crippen LogP contribution in [0.15, 0.2) is 0 Å². The minimum atomic E-state index is -0.439. The van der Waals surface area contributed by atoms with E-state index in [2.05, 4.69) is 0 Å². The molecule has 0 aromatic carbocycles. The SMILES string of the molecule is CCOC(OCC)[SiH2]CCCC(CC)[N+](=O)[O-]. The highest BCUT2D eigenvalue weighted by molar-refractivity contribution is 6.36. The fourth-order valence-electron chi connectivity index (χ4n) is 1.74. The summed E-state index contributed by atoms with van der Waals surface area (Å²) >= 11 is 0. The van der Waals surface area contributed by atoms with Crippen molar-refractivity contribution in [2.24, 2.45) is 0 Å². The van der Waals surface area contributed by atoms with Crippen LogP contribution < -0.4 is 0 Å². The minimum Gasteiger partial charge on any atom is -0.357 e. The normalized spacial score (nSPS) is 13.6. The van der Waals surface area contributed by atoms with Gasteiger partial charge < -0.3 is 9.47 Å². The summed E-state index contributed by atoms with van der Waals surface area (Å²) in [5.41, 5.74) is 0. The van der Waals surface area contributed by atoms with E-state index in [1.54, 1.807) is 0 Å². The van der Waals surface area contributed by atoms with E-state index >= 15 is 0 Å². The van der Waals surface area contributed by atoms with Crippen LogP contribution >= 0.6 is 0 Å². The Morgan fingerprint density at radius 2 is 1.82 bits per heavy atom. The molecule has 1 unspecified atom stereocenters. The maximum Gasteiger partial charge on any atom is 0.212 e. The van der Waals surface area contributed by atoms with E-state index < -0.39 is 9.52 Å². The second-order valence-corrected chi connectivity index (χ2v) is 5.92. The molecule has 0 rings (SSSR count). The van der Waals surface area contributed by atoms with E-state index in [-0.39, 0.29) is 16.9 Å². The van der Waals surface area contributed by atoms with E-state index in [9.17, 15) is 10.1 Å². The lowest BCUT2D eigenvalue weighted by atomic mass is 10.1. The molecule has 0 aliphatic rings. The summed E-state index contributed by atoms with van der Waals surface area (Å²) in [6.07, 6.45) is 2.22. The van der Waals surface area contributed by atoms with E-state index in [0.717, 1.165) is 12.5 Å².